The molecular formula is C17H25F3O5. The summed E-state index contributed by atoms with van der Waals surface area (Å²) in [6.07, 6.45) is -4.30. The predicted octanol–water partition coefficient (Wildman–Crippen LogP) is 2.51. The number of Topliss-reactive ketones (excluding diaryl/α,β-unsaturated/α-hetero) is 1. The number of carbonyl (C=O) groups is 1. The Balaban J connectivity index is 1.65. The van der Waals surface area contributed by atoms with Gasteiger partial charge < -0.3 is 18.9 Å². The first-order valence-electron chi connectivity index (χ1n) is 8.49. The Labute approximate surface area is 145 Å². The van der Waals surface area contributed by atoms with E-state index < -0.39 is 35.5 Å². The van der Waals surface area contributed by atoms with Crippen molar-refractivity contribution in [3.05, 3.63) is 0 Å². The highest BCUT2D eigenvalue weighted by Gasteiger charge is 2.74. The second-order valence-corrected chi connectivity index (χ2v) is 8.16. The van der Waals surface area contributed by atoms with Gasteiger partial charge >= 0.3 is 6.18 Å². The summed E-state index contributed by atoms with van der Waals surface area (Å²) >= 11 is 0. The lowest BCUT2D eigenvalue weighted by Gasteiger charge is -2.44. The van der Waals surface area contributed by atoms with Crippen LogP contribution >= 0.6 is 0 Å². The largest absolute Gasteiger partial charge is 0.411 e. The third-order valence-electron chi connectivity index (χ3n) is 5.69. The number of alkyl halides is 3. The van der Waals surface area contributed by atoms with Crippen LogP contribution in [0.4, 0.5) is 13.2 Å². The van der Waals surface area contributed by atoms with E-state index in [9.17, 15) is 18.0 Å². The van der Waals surface area contributed by atoms with Crippen LogP contribution in [0.2, 0.25) is 0 Å². The van der Waals surface area contributed by atoms with Crippen molar-refractivity contribution in [2.45, 2.75) is 63.2 Å². The molecule has 3 aliphatic rings. The van der Waals surface area contributed by atoms with Crippen molar-refractivity contribution in [3.63, 3.8) is 0 Å². The van der Waals surface area contributed by atoms with Crippen molar-refractivity contribution in [3.8, 4) is 0 Å². The Hall–Kier alpha value is -0.700. The minimum absolute atomic E-state index is 0.0184. The van der Waals surface area contributed by atoms with Gasteiger partial charge in [0.2, 0.25) is 0 Å². The van der Waals surface area contributed by atoms with Gasteiger partial charge in [0.05, 0.1) is 18.6 Å². The van der Waals surface area contributed by atoms with Crippen molar-refractivity contribution in [2.75, 3.05) is 26.9 Å². The van der Waals surface area contributed by atoms with Crippen molar-refractivity contribution in [1.82, 2.24) is 0 Å². The quantitative estimate of drug-likeness (QED) is 0.534. The van der Waals surface area contributed by atoms with Crippen LogP contribution in [0, 0.1) is 11.3 Å². The maximum Gasteiger partial charge on any atom is 0.411 e. The van der Waals surface area contributed by atoms with E-state index >= 15 is 0 Å². The zero-order chi connectivity index (χ0) is 18.7. The van der Waals surface area contributed by atoms with Crippen LogP contribution in [0.1, 0.15) is 33.6 Å². The molecule has 1 spiro atoms. The standard InChI is InChI=1S/C17H25F3O5/c1-14(2)7-16(8-24-16)12(11(22-4)13(14)21)15(3)10(25-15)5-6-23-9-17(18,19)20/h10-12H,5-9H2,1-4H3/t10?,11-,12+,15?,16-/m0/s1. The molecule has 2 saturated heterocycles. The number of halogens is 3. The maximum atomic E-state index is 12.8. The normalized spacial score (nSPS) is 42.7. The Bertz CT molecular complexity index is 543. The molecule has 0 radical (unpaired) electrons. The second-order valence-electron chi connectivity index (χ2n) is 8.16. The molecule has 1 aliphatic carbocycles. The van der Waals surface area contributed by atoms with Crippen LogP contribution in [0.5, 0.6) is 0 Å². The van der Waals surface area contributed by atoms with Crippen LogP contribution in [0.15, 0.2) is 0 Å². The number of ketones is 1. The summed E-state index contributed by atoms with van der Waals surface area (Å²) in [7, 11) is 1.50. The van der Waals surface area contributed by atoms with Gasteiger partial charge in [-0.2, -0.15) is 13.2 Å². The molecule has 25 heavy (non-hydrogen) atoms. The Morgan fingerprint density at radius 1 is 1.28 bits per heavy atom. The van der Waals surface area contributed by atoms with Crippen LogP contribution in [0.25, 0.3) is 0 Å². The molecule has 5 nitrogen and oxygen atoms in total. The number of hydrogen-bond donors (Lipinski definition) is 0. The number of epoxide rings is 2. The minimum Gasteiger partial charge on any atom is -0.373 e. The highest BCUT2D eigenvalue weighted by atomic mass is 19.4. The van der Waals surface area contributed by atoms with Gasteiger partial charge in [-0.05, 0) is 19.8 Å². The van der Waals surface area contributed by atoms with E-state index in [4.69, 9.17) is 14.2 Å². The molecule has 0 aromatic heterocycles. The van der Waals surface area contributed by atoms with Gasteiger partial charge in [-0.1, -0.05) is 13.8 Å². The predicted molar refractivity (Wildman–Crippen MR) is 81.1 cm³/mol. The third kappa shape index (κ3) is 3.46. The molecule has 0 aromatic rings. The van der Waals surface area contributed by atoms with Gasteiger partial charge in [-0.25, -0.2) is 0 Å². The van der Waals surface area contributed by atoms with E-state index in [0.717, 1.165) is 0 Å². The number of methoxy groups -OCH3 is 1. The fourth-order valence-corrected chi connectivity index (χ4v) is 4.47. The van der Waals surface area contributed by atoms with Crippen molar-refractivity contribution >= 4 is 5.78 Å². The molecule has 3 fully saturated rings. The number of rotatable bonds is 6. The zero-order valence-corrected chi connectivity index (χ0v) is 14.9. The molecule has 8 heteroatoms. The summed E-state index contributed by atoms with van der Waals surface area (Å²) in [6, 6.07) is 0. The lowest BCUT2D eigenvalue weighted by molar-refractivity contribution is -0.174. The first-order chi connectivity index (χ1) is 11.5. The lowest BCUT2D eigenvalue weighted by atomic mass is 9.60. The monoisotopic (exact) mass is 366 g/mol. The smallest absolute Gasteiger partial charge is 0.373 e. The molecular weight excluding hydrogens is 341 g/mol. The summed E-state index contributed by atoms with van der Waals surface area (Å²) < 4.78 is 58.2. The van der Waals surface area contributed by atoms with Crippen molar-refractivity contribution < 1.29 is 36.9 Å². The van der Waals surface area contributed by atoms with E-state index in [1.165, 1.54) is 7.11 Å². The highest BCUT2D eigenvalue weighted by molar-refractivity contribution is 5.90. The summed E-state index contributed by atoms with van der Waals surface area (Å²) in [4.78, 5) is 12.8. The SMILES string of the molecule is CO[C@@H]1C(=O)C(C)(C)C[C@]2(CO2)[C@H]1C1(C)OC1CCOCC(F)(F)F. The molecule has 2 unspecified atom stereocenters. The van der Waals surface area contributed by atoms with Gasteiger partial charge in [-0.3, -0.25) is 4.79 Å². The van der Waals surface area contributed by atoms with Crippen molar-refractivity contribution in [2.24, 2.45) is 11.3 Å². The molecule has 2 heterocycles. The molecule has 144 valence electrons. The van der Waals surface area contributed by atoms with E-state index in [1.807, 2.05) is 20.8 Å². The van der Waals surface area contributed by atoms with Crippen molar-refractivity contribution in [1.29, 1.82) is 0 Å². The summed E-state index contributed by atoms with van der Waals surface area (Å²) in [5, 5.41) is 0. The summed E-state index contributed by atoms with van der Waals surface area (Å²) in [5.74, 6) is -0.247. The van der Waals surface area contributed by atoms with Gasteiger partial charge in [-0.15, -0.1) is 0 Å². The molecule has 3 rings (SSSR count). The molecule has 0 N–H and O–H groups in total. The molecule has 1 saturated carbocycles. The maximum absolute atomic E-state index is 12.8. The highest BCUT2D eigenvalue weighted by Crippen LogP contribution is 2.61. The molecule has 0 aromatic carbocycles. The van der Waals surface area contributed by atoms with Crippen LogP contribution in [0.3, 0.4) is 0 Å². The fourth-order valence-electron chi connectivity index (χ4n) is 4.47. The van der Waals surface area contributed by atoms with Gasteiger partial charge in [0, 0.05) is 19.1 Å². The van der Waals surface area contributed by atoms with Crippen LogP contribution in [-0.2, 0) is 23.7 Å². The van der Waals surface area contributed by atoms with Gasteiger partial charge in [0.25, 0.3) is 0 Å². The van der Waals surface area contributed by atoms with E-state index in [0.29, 0.717) is 19.4 Å². The van der Waals surface area contributed by atoms with E-state index in [-0.39, 0.29) is 24.4 Å². The molecule has 0 amide bonds. The van der Waals surface area contributed by atoms with Gasteiger partial charge in [0.1, 0.15) is 23.9 Å². The average Bonchev–Trinajstić information content (AvgIpc) is 3.37. The summed E-state index contributed by atoms with van der Waals surface area (Å²) in [6.45, 7) is 4.90. The first-order valence-corrected chi connectivity index (χ1v) is 8.49. The number of hydrogen-bond acceptors (Lipinski definition) is 5. The zero-order valence-electron chi connectivity index (χ0n) is 14.9. The lowest BCUT2D eigenvalue weighted by Crippen LogP contribution is -2.58. The molecule has 2 aliphatic heterocycles. The van der Waals surface area contributed by atoms with Gasteiger partial charge in [0.15, 0.2) is 5.78 Å². The first kappa shape index (κ1) is 19.1. The topological polar surface area (TPSA) is 60.6 Å². The van der Waals surface area contributed by atoms with Crippen LogP contribution in [-0.4, -0.2) is 62.3 Å². The van der Waals surface area contributed by atoms with E-state index in [2.05, 4.69) is 4.74 Å². The minimum atomic E-state index is -4.33. The number of carbonyl (C=O) groups excluding carboxylic acids is 1. The van der Waals surface area contributed by atoms with Crippen LogP contribution < -0.4 is 0 Å². The number of ether oxygens (including phenoxy) is 4. The third-order valence-corrected chi connectivity index (χ3v) is 5.69. The summed E-state index contributed by atoms with van der Waals surface area (Å²) in [5.41, 5.74) is -1.64. The van der Waals surface area contributed by atoms with E-state index in [1.54, 1.807) is 0 Å². The average molecular weight is 366 g/mol. The fraction of sp³-hybridized carbons (Fsp3) is 0.941. The Morgan fingerprint density at radius 2 is 1.92 bits per heavy atom. The molecule has 5 atom stereocenters. The Kier molecular flexibility index (Phi) is 4.50. The Morgan fingerprint density at radius 3 is 2.44 bits per heavy atom. The second kappa shape index (κ2) is 5.90. The molecule has 0 bridgehead atoms.